The summed E-state index contributed by atoms with van der Waals surface area (Å²) in [4.78, 5) is 1.92. The molecule has 21 heavy (non-hydrogen) atoms. The third kappa shape index (κ3) is 4.87. The third-order valence-electron chi connectivity index (χ3n) is 3.35. The molecule has 0 aliphatic carbocycles. The molecule has 2 N–H and O–H groups in total. The first-order valence-corrected chi connectivity index (χ1v) is 8.92. The van der Waals surface area contributed by atoms with Gasteiger partial charge in [-0.15, -0.1) is 0 Å². The third-order valence-corrected chi connectivity index (χ3v) is 4.27. The van der Waals surface area contributed by atoms with Crippen LogP contribution in [0.2, 0.25) is 0 Å². The molecule has 2 rings (SSSR count). The van der Waals surface area contributed by atoms with E-state index in [9.17, 15) is 8.42 Å². The molecular weight excluding hydrogens is 292 g/mol. The minimum atomic E-state index is -2.95. The zero-order chi connectivity index (χ0) is 15.5. The van der Waals surface area contributed by atoms with Crippen molar-refractivity contribution in [3.05, 3.63) is 23.8 Å². The van der Waals surface area contributed by atoms with Gasteiger partial charge in [0.05, 0.1) is 5.75 Å². The maximum atomic E-state index is 11.2. The van der Waals surface area contributed by atoms with Gasteiger partial charge in [-0.25, -0.2) is 8.42 Å². The second-order valence-electron chi connectivity index (χ2n) is 5.40. The Labute approximate surface area is 125 Å². The highest BCUT2D eigenvalue weighted by Gasteiger charge is 2.16. The van der Waals surface area contributed by atoms with Gasteiger partial charge in [-0.05, 0) is 24.7 Å². The second kappa shape index (κ2) is 6.64. The van der Waals surface area contributed by atoms with E-state index in [2.05, 4.69) is 0 Å². The van der Waals surface area contributed by atoms with Gasteiger partial charge < -0.3 is 20.1 Å². The number of hydrogen-bond acceptors (Lipinski definition) is 6. The van der Waals surface area contributed by atoms with Crippen LogP contribution in [0.15, 0.2) is 18.2 Å². The number of ether oxygens (including phenoxy) is 2. The summed E-state index contributed by atoms with van der Waals surface area (Å²) in [6, 6.07) is 5.47. The lowest BCUT2D eigenvalue weighted by Crippen LogP contribution is -2.32. The molecule has 1 aliphatic rings. The van der Waals surface area contributed by atoms with Crippen molar-refractivity contribution < 1.29 is 17.9 Å². The maximum Gasteiger partial charge on any atom is 0.161 e. The summed E-state index contributed by atoms with van der Waals surface area (Å²) in [5, 5.41) is 0. The normalized spacial score (nSPS) is 16.0. The van der Waals surface area contributed by atoms with E-state index in [0.29, 0.717) is 32.1 Å². The van der Waals surface area contributed by atoms with Gasteiger partial charge in [-0.1, -0.05) is 6.07 Å². The Hall–Kier alpha value is -1.31. The SMILES string of the molecule is CN(CCS(C)(=O)=O)CC(N)c1ccc2c(c1)OCCO2. The van der Waals surface area contributed by atoms with E-state index in [1.807, 2.05) is 30.1 Å². The smallest absolute Gasteiger partial charge is 0.161 e. The van der Waals surface area contributed by atoms with Crippen LogP contribution in [0.4, 0.5) is 0 Å². The molecule has 0 spiro atoms. The van der Waals surface area contributed by atoms with Gasteiger partial charge in [-0.3, -0.25) is 0 Å². The molecule has 0 aromatic heterocycles. The molecule has 1 aromatic carbocycles. The number of hydrogen-bond donors (Lipinski definition) is 1. The predicted octanol–water partition coefficient (Wildman–Crippen LogP) is 0.434. The summed E-state index contributed by atoms with van der Waals surface area (Å²) < 4.78 is 33.3. The Bertz CT molecular complexity index is 589. The first-order valence-electron chi connectivity index (χ1n) is 6.86. The minimum Gasteiger partial charge on any atom is -0.486 e. The van der Waals surface area contributed by atoms with Crippen LogP contribution in [0, 0.1) is 0 Å². The average molecular weight is 314 g/mol. The largest absolute Gasteiger partial charge is 0.486 e. The van der Waals surface area contributed by atoms with Crippen LogP contribution in [0.5, 0.6) is 11.5 Å². The van der Waals surface area contributed by atoms with Crippen molar-refractivity contribution in [2.24, 2.45) is 5.73 Å². The van der Waals surface area contributed by atoms with E-state index in [0.717, 1.165) is 11.3 Å². The monoisotopic (exact) mass is 314 g/mol. The summed E-state index contributed by atoms with van der Waals surface area (Å²) >= 11 is 0. The zero-order valence-electron chi connectivity index (χ0n) is 12.4. The highest BCUT2D eigenvalue weighted by Crippen LogP contribution is 2.32. The highest BCUT2D eigenvalue weighted by molar-refractivity contribution is 7.90. The lowest BCUT2D eigenvalue weighted by molar-refractivity contribution is 0.171. The Morgan fingerprint density at radius 3 is 2.62 bits per heavy atom. The quantitative estimate of drug-likeness (QED) is 0.820. The van der Waals surface area contributed by atoms with Gasteiger partial charge in [-0.2, -0.15) is 0 Å². The van der Waals surface area contributed by atoms with Crippen LogP contribution in [0.3, 0.4) is 0 Å². The first kappa shape index (κ1) is 16.1. The molecule has 0 saturated heterocycles. The molecule has 1 unspecified atom stereocenters. The molecule has 0 amide bonds. The molecule has 0 fully saturated rings. The summed E-state index contributed by atoms with van der Waals surface area (Å²) in [6.45, 7) is 2.15. The van der Waals surface area contributed by atoms with Crippen LogP contribution in [0.1, 0.15) is 11.6 Å². The fourth-order valence-electron chi connectivity index (χ4n) is 2.14. The molecule has 1 aromatic rings. The summed E-state index contributed by atoms with van der Waals surface area (Å²) in [5.41, 5.74) is 7.13. The van der Waals surface area contributed by atoms with Gasteiger partial charge in [0, 0.05) is 25.4 Å². The van der Waals surface area contributed by atoms with Crippen molar-refractivity contribution in [3.63, 3.8) is 0 Å². The van der Waals surface area contributed by atoms with Crippen LogP contribution in [0.25, 0.3) is 0 Å². The number of likely N-dealkylation sites (N-methyl/N-ethyl adjacent to an activating group) is 1. The number of nitrogens with zero attached hydrogens (tertiary/aromatic N) is 1. The van der Waals surface area contributed by atoms with Crippen LogP contribution in [-0.4, -0.2) is 58.7 Å². The van der Waals surface area contributed by atoms with E-state index in [1.165, 1.54) is 6.26 Å². The topological polar surface area (TPSA) is 81.9 Å². The molecule has 1 atom stereocenters. The number of nitrogens with two attached hydrogens (primary N) is 1. The van der Waals surface area contributed by atoms with E-state index in [-0.39, 0.29) is 11.8 Å². The maximum absolute atomic E-state index is 11.2. The lowest BCUT2D eigenvalue weighted by atomic mass is 10.1. The van der Waals surface area contributed by atoms with Gasteiger partial charge >= 0.3 is 0 Å². The number of sulfone groups is 1. The van der Waals surface area contributed by atoms with Crippen molar-refractivity contribution >= 4 is 9.84 Å². The van der Waals surface area contributed by atoms with Crippen LogP contribution < -0.4 is 15.2 Å². The molecule has 1 heterocycles. The zero-order valence-corrected chi connectivity index (χ0v) is 13.2. The predicted molar refractivity (Wildman–Crippen MR) is 81.6 cm³/mol. The standard InChI is InChI=1S/C14H22N2O4S/c1-16(5-8-21(2,17)18)10-12(15)11-3-4-13-14(9-11)20-7-6-19-13/h3-4,9,12H,5-8,10,15H2,1-2H3. The van der Waals surface area contributed by atoms with Crippen molar-refractivity contribution in [1.82, 2.24) is 4.90 Å². The first-order chi connectivity index (χ1) is 9.85. The van der Waals surface area contributed by atoms with E-state index in [4.69, 9.17) is 15.2 Å². The molecule has 0 radical (unpaired) electrons. The fraction of sp³-hybridized carbons (Fsp3) is 0.571. The van der Waals surface area contributed by atoms with Crippen molar-refractivity contribution in [1.29, 1.82) is 0 Å². The molecular formula is C14H22N2O4S. The molecule has 7 heteroatoms. The van der Waals surface area contributed by atoms with E-state index < -0.39 is 9.84 Å². The lowest BCUT2D eigenvalue weighted by Gasteiger charge is -2.23. The van der Waals surface area contributed by atoms with Gasteiger partial charge in [0.25, 0.3) is 0 Å². The van der Waals surface area contributed by atoms with Crippen LogP contribution in [-0.2, 0) is 9.84 Å². The summed E-state index contributed by atoms with van der Waals surface area (Å²) in [6.07, 6.45) is 1.24. The van der Waals surface area contributed by atoms with Gasteiger partial charge in [0.15, 0.2) is 11.5 Å². The summed E-state index contributed by atoms with van der Waals surface area (Å²) in [5.74, 6) is 1.59. The van der Waals surface area contributed by atoms with Crippen LogP contribution >= 0.6 is 0 Å². The molecule has 6 nitrogen and oxygen atoms in total. The Balaban J connectivity index is 1.95. The number of rotatable bonds is 6. The number of fused-ring (bicyclic) bond motifs is 1. The molecule has 0 bridgehead atoms. The van der Waals surface area contributed by atoms with Crippen molar-refractivity contribution in [2.75, 3.05) is 45.4 Å². The molecule has 0 saturated carbocycles. The van der Waals surface area contributed by atoms with Gasteiger partial charge in [0.1, 0.15) is 23.1 Å². The molecule has 1 aliphatic heterocycles. The van der Waals surface area contributed by atoms with Gasteiger partial charge in [0.2, 0.25) is 0 Å². The highest BCUT2D eigenvalue weighted by atomic mass is 32.2. The Kier molecular flexibility index (Phi) is 5.08. The van der Waals surface area contributed by atoms with Crippen molar-refractivity contribution in [3.8, 4) is 11.5 Å². The fourth-order valence-corrected chi connectivity index (χ4v) is 2.79. The van der Waals surface area contributed by atoms with E-state index >= 15 is 0 Å². The van der Waals surface area contributed by atoms with E-state index in [1.54, 1.807) is 0 Å². The Morgan fingerprint density at radius 1 is 1.29 bits per heavy atom. The van der Waals surface area contributed by atoms with Crippen molar-refractivity contribution in [2.45, 2.75) is 6.04 Å². The average Bonchev–Trinajstić information content (AvgIpc) is 2.44. The molecule has 118 valence electrons. The Morgan fingerprint density at radius 2 is 1.95 bits per heavy atom. The number of benzene rings is 1. The summed E-state index contributed by atoms with van der Waals surface area (Å²) in [7, 11) is -1.09. The second-order valence-corrected chi connectivity index (χ2v) is 7.66. The minimum absolute atomic E-state index is 0.136.